The fourth-order valence-corrected chi connectivity index (χ4v) is 2.32. The van der Waals surface area contributed by atoms with E-state index in [1.165, 1.54) is 0 Å². The summed E-state index contributed by atoms with van der Waals surface area (Å²) in [5.41, 5.74) is 3.02. The maximum atomic E-state index is 11.2. The van der Waals surface area contributed by atoms with Gasteiger partial charge in [-0.3, -0.25) is 4.79 Å². The minimum atomic E-state index is 0.334. The molecule has 110 valence electrons. The van der Waals surface area contributed by atoms with Crippen molar-refractivity contribution in [3.05, 3.63) is 65.9 Å². The molecule has 0 aliphatic carbocycles. The monoisotopic (exact) mass is 293 g/mol. The molecule has 0 radical (unpaired) electrons. The number of rotatable bonds is 5. The lowest BCUT2D eigenvalue weighted by atomic mass is 10.1. The number of benzene rings is 2. The SMILES string of the molecule is COc1ccc(-c2c(C=O)nnn2Cc2ccccc2)cc1. The first-order valence-corrected chi connectivity index (χ1v) is 6.89. The molecule has 0 bridgehead atoms. The van der Waals surface area contributed by atoms with E-state index in [1.807, 2.05) is 54.6 Å². The van der Waals surface area contributed by atoms with Crippen LogP contribution in [0.5, 0.6) is 5.75 Å². The van der Waals surface area contributed by atoms with E-state index in [0.29, 0.717) is 17.9 Å². The molecule has 3 aromatic rings. The van der Waals surface area contributed by atoms with Crippen molar-refractivity contribution in [3.63, 3.8) is 0 Å². The Bertz CT molecular complexity index is 764. The van der Waals surface area contributed by atoms with Gasteiger partial charge in [0.1, 0.15) is 5.75 Å². The van der Waals surface area contributed by atoms with Crippen LogP contribution in [0.15, 0.2) is 54.6 Å². The van der Waals surface area contributed by atoms with Crippen molar-refractivity contribution >= 4 is 6.29 Å². The van der Waals surface area contributed by atoms with Crippen LogP contribution in [0, 0.1) is 0 Å². The number of nitrogens with zero attached hydrogens (tertiary/aromatic N) is 3. The van der Waals surface area contributed by atoms with Crippen molar-refractivity contribution in [2.75, 3.05) is 7.11 Å². The molecule has 0 fully saturated rings. The molecule has 0 spiro atoms. The minimum Gasteiger partial charge on any atom is -0.497 e. The van der Waals surface area contributed by atoms with Crippen LogP contribution in [-0.2, 0) is 6.54 Å². The van der Waals surface area contributed by atoms with Gasteiger partial charge in [0.15, 0.2) is 12.0 Å². The average Bonchev–Trinajstić information content (AvgIpc) is 2.98. The van der Waals surface area contributed by atoms with Crippen LogP contribution in [0.25, 0.3) is 11.3 Å². The summed E-state index contributed by atoms with van der Waals surface area (Å²) in [6.45, 7) is 0.559. The lowest BCUT2D eigenvalue weighted by Gasteiger charge is -2.08. The summed E-state index contributed by atoms with van der Waals surface area (Å²) in [5.74, 6) is 0.762. The zero-order valence-corrected chi connectivity index (χ0v) is 12.1. The molecular formula is C17H15N3O2. The first-order valence-electron chi connectivity index (χ1n) is 6.89. The van der Waals surface area contributed by atoms with Crippen LogP contribution < -0.4 is 4.74 Å². The molecule has 22 heavy (non-hydrogen) atoms. The van der Waals surface area contributed by atoms with Gasteiger partial charge >= 0.3 is 0 Å². The summed E-state index contributed by atoms with van der Waals surface area (Å²) in [6, 6.07) is 17.4. The fourth-order valence-electron chi connectivity index (χ4n) is 2.32. The van der Waals surface area contributed by atoms with E-state index in [0.717, 1.165) is 23.2 Å². The first kappa shape index (κ1) is 14.0. The van der Waals surface area contributed by atoms with Crippen LogP contribution in [0.1, 0.15) is 16.1 Å². The highest BCUT2D eigenvalue weighted by molar-refractivity contribution is 5.83. The quantitative estimate of drug-likeness (QED) is 0.679. The maximum absolute atomic E-state index is 11.2. The largest absolute Gasteiger partial charge is 0.497 e. The number of aromatic nitrogens is 3. The van der Waals surface area contributed by atoms with E-state index in [-0.39, 0.29) is 0 Å². The molecule has 3 rings (SSSR count). The second kappa shape index (κ2) is 6.22. The lowest BCUT2D eigenvalue weighted by Crippen LogP contribution is -2.04. The lowest BCUT2D eigenvalue weighted by molar-refractivity contribution is 0.111. The summed E-state index contributed by atoms with van der Waals surface area (Å²) in [7, 11) is 1.62. The van der Waals surface area contributed by atoms with Crippen molar-refractivity contribution < 1.29 is 9.53 Å². The van der Waals surface area contributed by atoms with E-state index in [9.17, 15) is 4.79 Å². The Hall–Kier alpha value is -2.95. The maximum Gasteiger partial charge on any atom is 0.172 e. The topological polar surface area (TPSA) is 57.0 Å². The molecule has 0 saturated heterocycles. The molecule has 0 atom stereocenters. The Morgan fingerprint density at radius 3 is 2.45 bits per heavy atom. The van der Waals surface area contributed by atoms with Gasteiger partial charge in [-0.1, -0.05) is 35.5 Å². The molecule has 2 aromatic carbocycles. The van der Waals surface area contributed by atoms with Crippen LogP contribution in [0.4, 0.5) is 0 Å². The Balaban J connectivity index is 2.01. The molecule has 5 heteroatoms. The van der Waals surface area contributed by atoms with E-state index < -0.39 is 0 Å². The normalized spacial score (nSPS) is 10.4. The Kier molecular flexibility index (Phi) is 3.96. The van der Waals surface area contributed by atoms with Gasteiger partial charge in [-0.05, 0) is 29.8 Å². The predicted octanol–water partition coefficient (Wildman–Crippen LogP) is 2.81. The molecule has 0 unspecified atom stereocenters. The van der Waals surface area contributed by atoms with E-state index in [2.05, 4.69) is 10.3 Å². The van der Waals surface area contributed by atoms with Crippen molar-refractivity contribution in [2.24, 2.45) is 0 Å². The molecular weight excluding hydrogens is 278 g/mol. The van der Waals surface area contributed by atoms with Gasteiger partial charge in [0.25, 0.3) is 0 Å². The highest BCUT2D eigenvalue weighted by atomic mass is 16.5. The van der Waals surface area contributed by atoms with Gasteiger partial charge in [-0.2, -0.15) is 0 Å². The second-order valence-corrected chi connectivity index (χ2v) is 4.81. The van der Waals surface area contributed by atoms with E-state index >= 15 is 0 Å². The van der Waals surface area contributed by atoms with Crippen LogP contribution in [-0.4, -0.2) is 28.4 Å². The third-order valence-electron chi connectivity index (χ3n) is 3.41. The third-order valence-corrected chi connectivity index (χ3v) is 3.41. The third kappa shape index (κ3) is 2.74. The summed E-state index contributed by atoms with van der Waals surface area (Å²) in [5, 5.41) is 8.07. The molecule has 1 heterocycles. The summed E-state index contributed by atoms with van der Waals surface area (Å²) in [4.78, 5) is 11.2. The first-order chi connectivity index (χ1) is 10.8. The zero-order chi connectivity index (χ0) is 15.4. The number of methoxy groups -OCH3 is 1. The Morgan fingerprint density at radius 1 is 1.09 bits per heavy atom. The number of hydrogen-bond acceptors (Lipinski definition) is 4. The van der Waals surface area contributed by atoms with Crippen molar-refractivity contribution in [1.29, 1.82) is 0 Å². The standard InChI is InChI=1S/C17H15N3O2/c1-22-15-9-7-14(8-10-15)17-16(12-21)18-19-20(17)11-13-5-3-2-4-6-13/h2-10,12H,11H2,1H3. The van der Waals surface area contributed by atoms with Crippen molar-refractivity contribution in [1.82, 2.24) is 15.0 Å². The smallest absolute Gasteiger partial charge is 0.172 e. The number of hydrogen-bond donors (Lipinski definition) is 0. The number of aldehydes is 1. The zero-order valence-electron chi connectivity index (χ0n) is 12.1. The highest BCUT2D eigenvalue weighted by Crippen LogP contribution is 2.24. The van der Waals surface area contributed by atoms with Gasteiger partial charge < -0.3 is 4.74 Å². The van der Waals surface area contributed by atoms with Gasteiger partial charge in [0.2, 0.25) is 0 Å². The van der Waals surface area contributed by atoms with Gasteiger partial charge in [-0.25, -0.2) is 4.68 Å². The van der Waals surface area contributed by atoms with Gasteiger partial charge in [0.05, 0.1) is 19.3 Å². The van der Waals surface area contributed by atoms with Crippen LogP contribution >= 0.6 is 0 Å². The minimum absolute atomic E-state index is 0.334. The number of carbonyl (C=O) groups is 1. The number of carbonyl (C=O) groups excluding carboxylic acids is 1. The van der Waals surface area contributed by atoms with Gasteiger partial charge in [-0.15, -0.1) is 5.10 Å². The molecule has 5 nitrogen and oxygen atoms in total. The number of ether oxygens (including phenoxy) is 1. The molecule has 0 N–H and O–H groups in total. The highest BCUT2D eigenvalue weighted by Gasteiger charge is 2.14. The van der Waals surface area contributed by atoms with E-state index in [4.69, 9.17) is 4.74 Å². The van der Waals surface area contributed by atoms with Crippen LogP contribution in [0.2, 0.25) is 0 Å². The van der Waals surface area contributed by atoms with Gasteiger partial charge in [0, 0.05) is 5.56 Å². The molecule has 0 amide bonds. The van der Waals surface area contributed by atoms with Crippen LogP contribution in [0.3, 0.4) is 0 Å². The van der Waals surface area contributed by atoms with Crippen molar-refractivity contribution in [2.45, 2.75) is 6.54 Å². The molecule has 1 aromatic heterocycles. The Morgan fingerprint density at radius 2 is 1.82 bits per heavy atom. The summed E-state index contributed by atoms with van der Waals surface area (Å²) in [6.07, 6.45) is 0.730. The second-order valence-electron chi connectivity index (χ2n) is 4.81. The average molecular weight is 293 g/mol. The molecule has 0 aliphatic rings. The summed E-state index contributed by atoms with van der Waals surface area (Å²) < 4.78 is 6.90. The van der Waals surface area contributed by atoms with E-state index in [1.54, 1.807) is 11.8 Å². The predicted molar refractivity (Wildman–Crippen MR) is 82.9 cm³/mol. The Labute approximate surface area is 128 Å². The summed E-state index contributed by atoms with van der Waals surface area (Å²) >= 11 is 0. The molecule has 0 saturated carbocycles. The van der Waals surface area contributed by atoms with Crippen molar-refractivity contribution in [3.8, 4) is 17.0 Å². The fraction of sp³-hybridized carbons (Fsp3) is 0.118. The molecule has 0 aliphatic heterocycles.